The molecule has 0 aliphatic carbocycles. The average molecular weight is 215 g/mol. The van der Waals surface area contributed by atoms with Gasteiger partial charge in [0.25, 0.3) is 0 Å². The molecule has 0 saturated heterocycles. The molecule has 1 rings (SSSR count). The lowest BCUT2D eigenvalue weighted by Crippen LogP contribution is -2.36. The Labute approximate surface area is 96.1 Å². The first-order valence-corrected chi connectivity index (χ1v) is 5.05. The van der Waals surface area contributed by atoms with Crippen LogP contribution in [0.25, 0.3) is 0 Å². The van der Waals surface area contributed by atoms with Crippen LogP contribution in [0.1, 0.15) is 0 Å². The third kappa shape index (κ3) is 3.28. The fourth-order valence-electron chi connectivity index (χ4n) is 1.26. The van der Waals surface area contributed by atoms with Crippen molar-refractivity contribution in [1.82, 2.24) is 5.32 Å². The van der Waals surface area contributed by atoms with Crippen LogP contribution in [-0.2, 0) is 0 Å². The summed E-state index contributed by atoms with van der Waals surface area (Å²) in [7, 11) is 0. The van der Waals surface area contributed by atoms with E-state index in [1.807, 2.05) is 30.3 Å². The van der Waals surface area contributed by atoms with Crippen molar-refractivity contribution in [2.75, 3.05) is 18.0 Å². The van der Waals surface area contributed by atoms with Gasteiger partial charge in [-0.1, -0.05) is 30.4 Å². The Morgan fingerprint density at radius 3 is 2.50 bits per heavy atom. The lowest BCUT2D eigenvalue weighted by molar-refractivity contribution is 0.247. The van der Waals surface area contributed by atoms with Crippen LogP contribution >= 0.6 is 0 Å². The zero-order valence-electron chi connectivity index (χ0n) is 9.17. The first kappa shape index (κ1) is 12.0. The quantitative estimate of drug-likeness (QED) is 0.695. The topological polar surface area (TPSA) is 34.4 Å². The Kier molecular flexibility index (Phi) is 4.86. The predicted molar refractivity (Wildman–Crippen MR) is 66.6 cm³/mol. The molecule has 1 radical (unpaired) electrons. The number of para-hydroxylation sites is 1. The molecule has 1 aromatic carbocycles. The Morgan fingerprint density at radius 2 is 1.94 bits per heavy atom. The molecule has 0 bridgehead atoms. The number of hydrogen-bond donors (Lipinski definition) is 0. The van der Waals surface area contributed by atoms with Crippen LogP contribution < -0.4 is 10.2 Å². The van der Waals surface area contributed by atoms with Crippen molar-refractivity contribution in [1.29, 1.82) is 0 Å². The molecule has 0 saturated carbocycles. The Morgan fingerprint density at radius 1 is 1.25 bits per heavy atom. The number of carbonyl (C=O) groups excluding carboxylic acids is 1. The highest BCUT2D eigenvalue weighted by molar-refractivity contribution is 5.92. The molecule has 0 aliphatic rings. The average Bonchev–Trinajstić information content (AvgIpc) is 2.34. The summed E-state index contributed by atoms with van der Waals surface area (Å²) in [4.78, 5) is 13.3. The zero-order valence-corrected chi connectivity index (χ0v) is 9.17. The van der Waals surface area contributed by atoms with Gasteiger partial charge in [-0.3, -0.25) is 4.90 Å². The second-order valence-electron chi connectivity index (χ2n) is 3.15. The molecule has 0 atom stereocenters. The third-order valence-corrected chi connectivity index (χ3v) is 1.97. The van der Waals surface area contributed by atoms with Gasteiger partial charge in [0.2, 0.25) is 0 Å². The zero-order chi connectivity index (χ0) is 11.8. The summed E-state index contributed by atoms with van der Waals surface area (Å²) < 4.78 is 0. The van der Waals surface area contributed by atoms with Crippen LogP contribution in [0.4, 0.5) is 10.5 Å². The molecular formula is C13H15N2O. The van der Waals surface area contributed by atoms with Gasteiger partial charge in [0, 0.05) is 12.2 Å². The molecule has 0 unspecified atom stereocenters. The van der Waals surface area contributed by atoms with Crippen molar-refractivity contribution in [3.05, 3.63) is 55.6 Å². The van der Waals surface area contributed by atoms with Gasteiger partial charge in [-0.2, -0.15) is 0 Å². The van der Waals surface area contributed by atoms with E-state index in [2.05, 4.69) is 18.5 Å². The van der Waals surface area contributed by atoms with E-state index in [4.69, 9.17) is 0 Å². The minimum absolute atomic E-state index is 0.272. The van der Waals surface area contributed by atoms with Crippen molar-refractivity contribution in [3.63, 3.8) is 0 Å². The number of hydrogen-bond acceptors (Lipinski definition) is 1. The van der Waals surface area contributed by atoms with Crippen LogP contribution in [0.3, 0.4) is 0 Å². The van der Waals surface area contributed by atoms with Crippen molar-refractivity contribution >= 4 is 11.7 Å². The smallest absolute Gasteiger partial charge is 0.289 e. The standard InChI is InChI=1S/C13H15N2O/c1-3-10-14-13(16)15(11-4-2)12-8-6-5-7-9-12/h3-9H,1-2,10-11H2. The van der Waals surface area contributed by atoms with E-state index in [0.717, 1.165) is 5.69 Å². The Hall–Kier alpha value is -2.03. The van der Waals surface area contributed by atoms with Gasteiger partial charge in [0.05, 0.1) is 6.54 Å². The van der Waals surface area contributed by atoms with E-state index >= 15 is 0 Å². The van der Waals surface area contributed by atoms with E-state index in [1.54, 1.807) is 17.1 Å². The molecule has 0 aliphatic heterocycles. The fraction of sp³-hybridized carbons (Fsp3) is 0.154. The predicted octanol–water partition coefficient (Wildman–Crippen LogP) is 2.59. The summed E-state index contributed by atoms with van der Waals surface area (Å²) in [5, 5.41) is 3.86. The number of rotatable bonds is 5. The summed E-state index contributed by atoms with van der Waals surface area (Å²) in [6, 6.07) is 9.13. The number of urea groups is 1. The molecule has 0 N–H and O–H groups in total. The van der Waals surface area contributed by atoms with Gasteiger partial charge in [-0.05, 0) is 12.1 Å². The maximum absolute atomic E-state index is 11.8. The van der Waals surface area contributed by atoms with Gasteiger partial charge < -0.3 is 0 Å². The molecule has 2 amide bonds. The molecule has 3 heteroatoms. The Balaban J connectivity index is 2.78. The minimum atomic E-state index is -0.272. The van der Waals surface area contributed by atoms with Crippen LogP contribution in [0.2, 0.25) is 0 Å². The number of amides is 2. The molecule has 3 nitrogen and oxygen atoms in total. The van der Waals surface area contributed by atoms with E-state index in [-0.39, 0.29) is 6.03 Å². The molecule has 0 fully saturated rings. The largest absolute Gasteiger partial charge is 0.344 e. The second kappa shape index (κ2) is 6.45. The lowest BCUT2D eigenvalue weighted by atomic mass is 10.3. The van der Waals surface area contributed by atoms with Gasteiger partial charge in [-0.15, -0.1) is 13.2 Å². The number of carbonyl (C=O) groups is 1. The summed E-state index contributed by atoms with van der Waals surface area (Å²) in [6.45, 7) is 7.94. The molecule has 0 heterocycles. The maximum Gasteiger partial charge on any atom is 0.344 e. The summed E-state index contributed by atoms with van der Waals surface area (Å²) >= 11 is 0. The summed E-state index contributed by atoms with van der Waals surface area (Å²) in [6.07, 6.45) is 3.27. The van der Waals surface area contributed by atoms with Gasteiger partial charge in [0.1, 0.15) is 0 Å². The van der Waals surface area contributed by atoms with E-state index in [0.29, 0.717) is 13.1 Å². The third-order valence-electron chi connectivity index (χ3n) is 1.97. The van der Waals surface area contributed by atoms with Crippen molar-refractivity contribution in [2.24, 2.45) is 0 Å². The van der Waals surface area contributed by atoms with Crippen LogP contribution in [-0.4, -0.2) is 19.1 Å². The first-order chi connectivity index (χ1) is 7.79. The van der Waals surface area contributed by atoms with E-state index in [1.165, 1.54) is 0 Å². The highest BCUT2D eigenvalue weighted by Gasteiger charge is 2.13. The minimum Gasteiger partial charge on any atom is -0.289 e. The maximum atomic E-state index is 11.8. The highest BCUT2D eigenvalue weighted by Crippen LogP contribution is 2.13. The second-order valence-corrected chi connectivity index (χ2v) is 3.15. The SMILES string of the molecule is C=CC[N]C(=O)N(CC=C)c1ccccc1. The first-order valence-electron chi connectivity index (χ1n) is 5.05. The van der Waals surface area contributed by atoms with Crippen LogP contribution in [0, 0.1) is 0 Å². The van der Waals surface area contributed by atoms with Crippen molar-refractivity contribution in [3.8, 4) is 0 Å². The van der Waals surface area contributed by atoms with Crippen LogP contribution in [0.5, 0.6) is 0 Å². The summed E-state index contributed by atoms with van der Waals surface area (Å²) in [5.74, 6) is 0. The Bertz CT molecular complexity index is 359. The van der Waals surface area contributed by atoms with E-state index < -0.39 is 0 Å². The van der Waals surface area contributed by atoms with Gasteiger partial charge in [0.15, 0.2) is 0 Å². The van der Waals surface area contributed by atoms with Gasteiger partial charge >= 0.3 is 6.03 Å². The normalized spacial score (nSPS) is 9.25. The lowest BCUT2D eigenvalue weighted by Gasteiger charge is -2.19. The van der Waals surface area contributed by atoms with Crippen LogP contribution in [0.15, 0.2) is 55.6 Å². The number of anilines is 1. The number of benzene rings is 1. The molecule has 83 valence electrons. The molecule has 0 spiro atoms. The number of nitrogens with zero attached hydrogens (tertiary/aromatic N) is 2. The fourth-order valence-corrected chi connectivity index (χ4v) is 1.26. The highest BCUT2D eigenvalue weighted by atomic mass is 16.2. The van der Waals surface area contributed by atoms with Gasteiger partial charge in [-0.25, -0.2) is 10.1 Å². The van der Waals surface area contributed by atoms with E-state index in [9.17, 15) is 4.79 Å². The molecule has 0 aromatic heterocycles. The molecule has 16 heavy (non-hydrogen) atoms. The molecule has 1 aromatic rings. The molecular weight excluding hydrogens is 200 g/mol. The summed E-state index contributed by atoms with van der Waals surface area (Å²) in [5.41, 5.74) is 0.820. The van der Waals surface area contributed by atoms with Crippen molar-refractivity contribution < 1.29 is 4.79 Å². The van der Waals surface area contributed by atoms with Crippen molar-refractivity contribution in [2.45, 2.75) is 0 Å². The monoisotopic (exact) mass is 215 g/mol.